The van der Waals surface area contributed by atoms with Gasteiger partial charge in [-0.1, -0.05) is 4.49 Å². The predicted octanol–water partition coefficient (Wildman–Crippen LogP) is 0.633. The van der Waals surface area contributed by atoms with Crippen LogP contribution in [0.1, 0.15) is 15.4 Å². The SMILES string of the molecule is COC(=O)c1nnsc1C. The zero-order valence-electron chi connectivity index (χ0n) is 5.62. The molecule has 0 atom stereocenters. The number of hydrogen-bond acceptors (Lipinski definition) is 5. The highest BCUT2D eigenvalue weighted by Gasteiger charge is 2.12. The van der Waals surface area contributed by atoms with E-state index in [2.05, 4.69) is 14.3 Å². The summed E-state index contributed by atoms with van der Waals surface area (Å²) < 4.78 is 8.02. The molecule has 1 aromatic heterocycles. The van der Waals surface area contributed by atoms with Gasteiger partial charge >= 0.3 is 5.97 Å². The van der Waals surface area contributed by atoms with Gasteiger partial charge in [0.25, 0.3) is 0 Å². The fraction of sp³-hybridized carbons (Fsp3) is 0.400. The van der Waals surface area contributed by atoms with Crippen molar-refractivity contribution in [2.75, 3.05) is 7.11 Å². The van der Waals surface area contributed by atoms with E-state index >= 15 is 0 Å². The number of aromatic nitrogens is 2. The molecular formula is C5H6N2O2S. The highest BCUT2D eigenvalue weighted by atomic mass is 32.1. The molecule has 0 aliphatic rings. The monoisotopic (exact) mass is 158 g/mol. The van der Waals surface area contributed by atoms with Crippen molar-refractivity contribution in [1.29, 1.82) is 0 Å². The highest BCUT2D eigenvalue weighted by Crippen LogP contribution is 2.08. The average molecular weight is 158 g/mol. The van der Waals surface area contributed by atoms with Gasteiger partial charge in [0.2, 0.25) is 0 Å². The first-order chi connectivity index (χ1) is 4.75. The van der Waals surface area contributed by atoms with Crippen LogP contribution in [-0.4, -0.2) is 22.7 Å². The van der Waals surface area contributed by atoms with Crippen molar-refractivity contribution in [2.45, 2.75) is 6.92 Å². The Labute approximate surface area is 62.0 Å². The lowest BCUT2D eigenvalue weighted by Gasteiger charge is -1.91. The number of rotatable bonds is 1. The van der Waals surface area contributed by atoms with Crippen LogP contribution in [0.2, 0.25) is 0 Å². The molecule has 0 spiro atoms. The summed E-state index contributed by atoms with van der Waals surface area (Å²) in [6, 6.07) is 0. The van der Waals surface area contributed by atoms with E-state index in [4.69, 9.17) is 0 Å². The van der Waals surface area contributed by atoms with Crippen molar-refractivity contribution >= 4 is 17.5 Å². The molecule has 1 heterocycles. The molecule has 0 radical (unpaired) electrons. The number of ether oxygens (including phenoxy) is 1. The van der Waals surface area contributed by atoms with Crippen molar-refractivity contribution in [2.24, 2.45) is 0 Å². The van der Waals surface area contributed by atoms with E-state index in [-0.39, 0.29) is 0 Å². The number of carbonyl (C=O) groups is 1. The number of methoxy groups -OCH3 is 1. The molecule has 10 heavy (non-hydrogen) atoms. The molecule has 54 valence electrons. The summed E-state index contributed by atoms with van der Waals surface area (Å²) in [5.41, 5.74) is 0.313. The molecule has 5 heteroatoms. The number of carbonyl (C=O) groups excluding carboxylic acids is 1. The average Bonchev–Trinajstić information content (AvgIpc) is 2.34. The molecule has 0 aliphatic carbocycles. The van der Waals surface area contributed by atoms with Crippen LogP contribution in [0, 0.1) is 6.92 Å². The van der Waals surface area contributed by atoms with Crippen LogP contribution in [0.5, 0.6) is 0 Å². The van der Waals surface area contributed by atoms with Crippen LogP contribution in [0.3, 0.4) is 0 Å². The van der Waals surface area contributed by atoms with Gasteiger partial charge in [-0.3, -0.25) is 0 Å². The van der Waals surface area contributed by atoms with Gasteiger partial charge < -0.3 is 4.74 Å². The van der Waals surface area contributed by atoms with Gasteiger partial charge in [-0.05, 0) is 18.5 Å². The molecule has 4 nitrogen and oxygen atoms in total. The molecule has 0 fully saturated rings. The zero-order chi connectivity index (χ0) is 7.56. The Morgan fingerprint density at radius 2 is 2.40 bits per heavy atom. The summed E-state index contributed by atoms with van der Waals surface area (Å²) in [6.07, 6.45) is 0. The van der Waals surface area contributed by atoms with Gasteiger partial charge in [-0.15, -0.1) is 5.10 Å². The normalized spacial score (nSPS) is 9.40. The minimum atomic E-state index is -0.425. The maximum Gasteiger partial charge on any atom is 0.359 e. The molecule has 0 N–H and O–H groups in total. The van der Waals surface area contributed by atoms with Crippen molar-refractivity contribution in [3.63, 3.8) is 0 Å². The lowest BCUT2D eigenvalue weighted by molar-refractivity contribution is 0.0593. The molecule has 0 saturated heterocycles. The Balaban J connectivity index is 2.93. The third-order valence-corrected chi connectivity index (χ3v) is 1.66. The summed E-state index contributed by atoms with van der Waals surface area (Å²) in [5, 5.41) is 3.58. The van der Waals surface area contributed by atoms with Crippen molar-refractivity contribution in [1.82, 2.24) is 9.59 Å². The van der Waals surface area contributed by atoms with E-state index in [1.165, 1.54) is 18.6 Å². The second-order valence-corrected chi connectivity index (χ2v) is 2.63. The van der Waals surface area contributed by atoms with Crippen LogP contribution in [0.4, 0.5) is 0 Å². The van der Waals surface area contributed by atoms with Gasteiger partial charge in [-0.2, -0.15) is 0 Å². The van der Waals surface area contributed by atoms with Gasteiger partial charge in [-0.25, -0.2) is 4.79 Å². The van der Waals surface area contributed by atoms with Crippen molar-refractivity contribution in [3.8, 4) is 0 Å². The van der Waals surface area contributed by atoms with Crippen LogP contribution in [0.15, 0.2) is 0 Å². The molecule has 0 aromatic carbocycles. The Hall–Kier alpha value is -0.970. The van der Waals surface area contributed by atoms with Crippen LogP contribution in [-0.2, 0) is 4.74 Å². The summed E-state index contributed by atoms with van der Waals surface area (Å²) >= 11 is 1.19. The van der Waals surface area contributed by atoms with E-state index in [0.29, 0.717) is 5.69 Å². The molecular weight excluding hydrogens is 152 g/mol. The maximum atomic E-state index is 10.8. The Bertz CT molecular complexity index is 246. The second kappa shape index (κ2) is 2.74. The van der Waals surface area contributed by atoms with Crippen molar-refractivity contribution in [3.05, 3.63) is 10.6 Å². The minimum Gasteiger partial charge on any atom is -0.464 e. The molecule has 1 rings (SSSR count). The van der Waals surface area contributed by atoms with E-state index < -0.39 is 5.97 Å². The molecule has 0 unspecified atom stereocenters. The largest absolute Gasteiger partial charge is 0.464 e. The van der Waals surface area contributed by atoms with Crippen LogP contribution in [0.25, 0.3) is 0 Å². The second-order valence-electron chi connectivity index (χ2n) is 1.67. The minimum absolute atomic E-state index is 0.313. The molecule has 1 aromatic rings. The van der Waals surface area contributed by atoms with Gasteiger partial charge in [0.05, 0.1) is 12.0 Å². The smallest absolute Gasteiger partial charge is 0.359 e. The molecule has 0 amide bonds. The standard InChI is InChI=1S/C5H6N2O2S/c1-3-4(5(8)9-2)6-7-10-3/h1-2H3. The number of esters is 1. The van der Waals surface area contributed by atoms with Crippen LogP contribution < -0.4 is 0 Å². The fourth-order valence-corrected chi connectivity index (χ4v) is 0.973. The Kier molecular flexibility index (Phi) is 1.96. The van der Waals surface area contributed by atoms with E-state index in [1.807, 2.05) is 0 Å². The Morgan fingerprint density at radius 3 is 2.80 bits per heavy atom. The van der Waals surface area contributed by atoms with Gasteiger partial charge in [0, 0.05) is 0 Å². The lowest BCUT2D eigenvalue weighted by atomic mass is 10.4. The quantitative estimate of drug-likeness (QED) is 0.562. The number of hydrogen-bond donors (Lipinski definition) is 0. The number of aryl methyl sites for hydroxylation is 1. The van der Waals surface area contributed by atoms with Crippen molar-refractivity contribution < 1.29 is 9.53 Å². The number of nitrogens with zero attached hydrogens (tertiary/aromatic N) is 2. The molecule has 0 aliphatic heterocycles. The fourth-order valence-electron chi connectivity index (χ4n) is 0.517. The molecule has 0 saturated carbocycles. The summed E-state index contributed by atoms with van der Waals surface area (Å²) in [6.45, 7) is 1.77. The molecule has 0 bridgehead atoms. The van der Waals surface area contributed by atoms with E-state index in [9.17, 15) is 4.79 Å². The zero-order valence-corrected chi connectivity index (χ0v) is 6.44. The summed E-state index contributed by atoms with van der Waals surface area (Å²) in [7, 11) is 1.32. The summed E-state index contributed by atoms with van der Waals surface area (Å²) in [4.78, 5) is 11.6. The first-order valence-corrected chi connectivity index (χ1v) is 3.40. The lowest BCUT2D eigenvalue weighted by Crippen LogP contribution is -2.02. The van der Waals surface area contributed by atoms with E-state index in [0.717, 1.165) is 4.88 Å². The first-order valence-electron chi connectivity index (χ1n) is 2.63. The highest BCUT2D eigenvalue weighted by molar-refractivity contribution is 7.05. The first kappa shape index (κ1) is 7.14. The van der Waals surface area contributed by atoms with Gasteiger partial charge in [0.1, 0.15) is 0 Å². The Morgan fingerprint density at radius 1 is 1.70 bits per heavy atom. The van der Waals surface area contributed by atoms with E-state index in [1.54, 1.807) is 6.92 Å². The van der Waals surface area contributed by atoms with Gasteiger partial charge in [0.15, 0.2) is 5.69 Å². The topological polar surface area (TPSA) is 52.1 Å². The summed E-state index contributed by atoms with van der Waals surface area (Å²) in [5.74, 6) is -0.425. The predicted molar refractivity (Wildman–Crippen MR) is 36.0 cm³/mol. The maximum absolute atomic E-state index is 10.8. The van der Waals surface area contributed by atoms with Crippen LogP contribution >= 0.6 is 11.5 Å². The third-order valence-electron chi connectivity index (χ3n) is 1.03. The third kappa shape index (κ3) is 1.13.